The Labute approximate surface area is 116 Å². The first-order valence-electron chi connectivity index (χ1n) is 7.36. The first kappa shape index (κ1) is 15.2. The predicted molar refractivity (Wildman–Crippen MR) is 75.6 cm³/mol. The summed E-state index contributed by atoms with van der Waals surface area (Å²) in [6, 6.07) is 0. The molecule has 0 bridgehead atoms. The van der Waals surface area contributed by atoms with Gasteiger partial charge in [0.25, 0.3) is 0 Å². The van der Waals surface area contributed by atoms with Gasteiger partial charge in [0, 0.05) is 19.7 Å². The molecule has 0 aromatic rings. The molecule has 2 fully saturated rings. The molecule has 0 aromatic carbocycles. The lowest BCUT2D eigenvalue weighted by molar-refractivity contribution is 0.0297. The van der Waals surface area contributed by atoms with E-state index in [1.807, 2.05) is 7.05 Å². The van der Waals surface area contributed by atoms with Crippen LogP contribution in [0.1, 0.15) is 32.1 Å². The van der Waals surface area contributed by atoms with E-state index < -0.39 is 10.0 Å². The Kier molecular flexibility index (Phi) is 5.62. The highest BCUT2D eigenvalue weighted by molar-refractivity contribution is 7.89. The van der Waals surface area contributed by atoms with Gasteiger partial charge in [-0.05, 0) is 51.6 Å². The summed E-state index contributed by atoms with van der Waals surface area (Å²) < 4.78 is 31.9. The standard InChI is InChI=1S/C13H26N2O3S/c1-14-10-12-5-7-15(8-6-12)19(16,17)11-13-4-2-3-9-18-13/h12-14H,2-11H2,1H3. The van der Waals surface area contributed by atoms with Crippen molar-refractivity contribution in [2.24, 2.45) is 5.92 Å². The summed E-state index contributed by atoms with van der Waals surface area (Å²) >= 11 is 0. The normalized spacial score (nSPS) is 27.5. The minimum absolute atomic E-state index is 0.0891. The largest absolute Gasteiger partial charge is 0.377 e. The topological polar surface area (TPSA) is 58.6 Å². The van der Waals surface area contributed by atoms with E-state index in [0.717, 1.165) is 38.6 Å². The number of nitrogens with one attached hydrogen (secondary N) is 1. The number of piperidine rings is 1. The number of ether oxygens (including phenoxy) is 1. The van der Waals surface area contributed by atoms with Gasteiger partial charge in [-0.1, -0.05) is 0 Å². The highest BCUT2D eigenvalue weighted by atomic mass is 32.2. The van der Waals surface area contributed by atoms with Crippen LogP contribution < -0.4 is 5.32 Å². The van der Waals surface area contributed by atoms with Crippen molar-refractivity contribution in [3.05, 3.63) is 0 Å². The highest BCUT2D eigenvalue weighted by Gasteiger charge is 2.30. The van der Waals surface area contributed by atoms with E-state index in [4.69, 9.17) is 4.74 Å². The van der Waals surface area contributed by atoms with Crippen molar-refractivity contribution in [3.63, 3.8) is 0 Å². The third-order valence-corrected chi connectivity index (χ3v) is 6.08. The van der Waals surface area contributed by atoms with Gasteiger partial charge in [-0.3, -0.25) is 0 Å². The summed E-state index contributed by atoms with van der Waals surface area (Å²) in [5.41, 5.74) is 0. The zero-order valence-corrected chi connectivity index (χ0v) is 12.6. The third kappa shape index (κ3) is 4.41. The van der Waals surface area contributed by atoms with Crippen molar-refractivity contribution in [2.75, 3.05) is 39.0 Å². The van der Waals surface area contributed by atoms with E-state index in [2.05, 4.69) is 5.32 Å². The molecule has 2 aliphatic rings. The minimum Gasteiger partial charge on any atom is -0.377 e. The minimum atomic E-state index is -3.13. The van der Waals surface area contributed by atoms with Crippen LogP contribution in [0.5, 0.6) is 0 Å². The molecule has 0 amide bonds. The van der Waals surface area contributed by atoms with Crippen LogP contribution in [0.4, 0.5) is 0 Å². The average Bonchev–Trinajstić information content (AvgIpc) is 2.40. The molecule has 112 valence electrons. The summed E-state index contributed by atoms with van der Waals surface area (Å²) in [7, 11) is -1.19. The summed E-state index contributed by atoms with van der Waals surface area (Å²) in [5, 5.41) is 3.17. The molecular formula is C13H26N2O3S. The molecule has 5 nitrogen and oxygen atoms in total. The summed E-state index contributed by atoms with van der Waals surface area (Å²) in [4.78, 5) is 0. The van der Waals surface area contributed by atoms with Gasteiger partial charge in [-0.2, -0.15) is 0 Å². The monoisotopic (exact) mass is 290 g/mol. The molecular weight excluding hydrogens is 264 g/mol. The Morgan fingerprint density at radius 1 is 1.21 bits per heavy atom. The smallest absolute Gasteiger partial charge is 0.216 e. The first-order chi connectivity index (χ1) is 9.12. The lowest BCUT2D eigenvalue weighted by Gasteiger charge is -2.32. The molecule has 2 aliphatic heterocycles. The van der Waals surface area contributed by atoms with E-state index >= 15 is 0 Å². The van der Waals surface area contributed by atoms with Crippen LogP contribution in [0.3, 0.4) is 0 Å². The molecule has 1 N–H and O–H groups in total. The maximum atomic E-state index is 12.3. The number of nitrogens with zero attached hydrogens (tertiary/aromatic N) is 1. The molecule has 2 heterocycles. The Morgan fingerprint density at radius 2 is 1.95 bits per heavy atom. The fraction of sp³-hybridized carbons (Fsp3) is 1.00. The second-order valence-electron chi connectivity index (χ2n) is 5.67. The number of sulfonamides is 1. The zero-order chi connectivity index (χ0) is 13.7. The molecule has 0 aromatic heterocycles. The van der Waals surface area contributed by atoms with E-state index in [1.165, 1.54) is 0 Å². The first-order valence-corrected chi connectivity index (χ1v) is 8.97. The van der Waals surface area contributed by atoms with Crippen molar-refractivity contribution < 1.29 is 13.2 Å². The Balaban J connectivity index is 1.83. The molecule has 2 rings (SSSR count). The Morgan fingerprint density at radius 3 is 2.53 bits per heavy atom. The van der Waals surface area contributed by atoms with Crippen molar-refractivity contribution in [1.29, 1.82) is 0 Å². The highest BCUT2D eigenvalue weighted by Crippen LogP contribution is 2.21. The second kappa shape index (κ2) is 7.02. The number of hydrogen-bond donors (Lipinski definition) is 1. The molecule has 6 heteroatoms. The second-order valence-corrected chi connectivity index (χ2v) is 7.68. The fourth-order valence-electron chi connectivity index (χ4n) is 2.96. The van der Waals surface area contributed by atoms with Gasteiger partial charge in [-0.25, -0.2) is 12.7 Å². The number of rotatable bonds is 5. The SMILES string of the molecule is CNCC1CCN(S(=O)(=O)CC2CCCCO2)CC1. The van der Waals surface area contributed by atoms with Gasteiger partial charge in [0.15, 0.2) is 0 Å². The van der Waals surface area contributed by atoms with E-state index in [-0.39, 0.29) is 11.9 Å². The van der Waals surface area contributed by atoms with Crippen LogP contribution in [0.25, 0.3) is 0 Å². The molecule has 0 saturated carbocycles. The third-order valence-electron chi connectivity index (χ3n) is 4.13. The van der Waals surface area contributed by atoms with Crippen LogP contribution in [0.15, 0.2) is 0 Å². The molecule has 0 aliphatic carbocycles. The number of hydrogen-bond acceptors (Lipinski definition) is 4. The van der Waals surface area contributed by atoms with Gasteiger partial charge in [0.05, 0.1) is 11.9 Å². The molecule has 0 spiro atoms. The van der Waals surface area contributed by atoms with Crippen LogP contribution in [0.2, 0.25) is 0 Å². The summed E-state index contributed by atoms with van der Waals surface area (Å²) in [5.74, 6) is 0.784. The predicted octanol–water partition coefficient (Wildman–Crippen LogP) is 0.817. The van der Waals surface area contributed by atoms with Crippen LogP contribution in [-0.2, 0) is 14.8 Å². The van der Waals surface area contributed by atoms with Gasteiger partial charge in [-0.15, -0.1) is 0 Å². The zero-order valence-electron chi connectivity index (χ0n) is 11.8. The van der Waals surface area contributed by atoms with Crippen LogP contribution in [0, 0.1) is 5.92 Å². The molecule has 19 heavy (non-hydrogen) atoms. The fourth-order valence-corrected chi connectivity index (χ4v) is 4.67. The molecule has 0 radical (unpaired) electrons. The average molecular weight is 290 g/mol. The van der Waals surface area contributed by atoms with Gasteiger partial charge in [0.1, 0.15) is 0 Å². The molecule has 1 atom stereocenters. The molecule has 2 saturated heterocycles. The maximum absolute atomic E-state index is 12.3. The van der Waals surface area contributed by atoms with E-state index in [9.17, 15) is 8.42 Å². The van der Waals surface area contributed by atoms with Crippen molar-refractivity contribution in [1.82, 2.24) is 9.62 Å². The van der Waals surface area contributed by atoms with Crippen molar-refractivity contribution in [2.45, 2.75) is 38.2 Å². The molecule has 1 unspecified atom stereocenters. The lowest BCUT2D eigenvalue weighted by atomic mass is 9.98. The van der Waals surface area contributed by atoms with Crippen LogP contribution in [-0.4, -0.2) is 57.9 Å². The summed E-state index contributed by atoms with van der Waals surface area (Å²) in [6.45, 7) is 3.03. The van der Waals surface area contributed by atoms with Gasteiger partial charge < -0.3 is 10.1 Å². The van der Waals surface area contributed by atoms with Gasteiger partial charge in [0.2, 0.25) is 10.0 Å². The van der Waals surface area contributed by atoms with Crippen LogP contribution >= 0.6 is 0 Å². The Bertz CT molecular complexity index is 358. The van der Waals surface area contributed by atoms with Crippen molar-refractivity contribution in [3.8, 4) is 0 Å². The van der Waals surface area contributed by atoms with E-state index in [0.29, 0.717) is 25.6 Å². The van der Waals surface area contributed by atoms with Crippen molar-refractivity contribution >= 4 is 10.0 Å². The lowest BCUT2D eigenvalue weighted by Crippen LogP contribution is -2.44. The van der Waals surface area contributed by atoms with E-state index in [1.54, 1.807) is 4.31 Å². The maximum Gasteiger partial charge on any atom is 0.216 e. The quantitative estimate of drug-likeness (QED) is 0.814. The Hall–Kier alpha value is -0.170. The van der Waals surface area contributed by atoms with Gasteiger partial charge >= 0.3 is 0 Å². The summed E-state index contributed by atoms with van der Waals surface area (Å²) in [6.07, 6.45) is 4.87.